The fourth-order valence-corrected chi connectivity index (χ4v) is 2.12. The molecule has 1 aromatic rings. The standard InChI is InChI=1S/C13H15FN2O5/c1-20-13(17)9-4-11(12(16(18)19)5-10(9)14)15-6-8-2-3-21-7-8/h4-5,8,15H,2-3,6-7H2,1H3. The maximum atomic E-state index is 13.7. The predicted molar refractivity (Wildman–Crippen MR) is 71.8 cm³/mol. The number of carbonyl (C=O) groups is 1. The van der Waals surface area contributed by atoms with Crippen LogP contribution in [0.2, 0.25) is 0 Å². The Bertz CT molecular complexity index is 558. The molecule has 0 radical (unpaired) electrons. The van der Waals surface area contributed by atoms with Crippen LogP contribution in [0.1, 0.15) is 16.8 Å². The first-order valence-electron chi connectivity index (χ1n) is 6.40. The van der Waals surface area contributed by atoms with Gasteiger partial charge in [-0.25, -0.2) is 9.18 Å². The van der Waals surface area contributed by atoms with Crippen molar-refractivity contribution < 1.29 is 23.6 Å². The fourth-order valence-electron chi connectivity index (χ4n) is 2.12. The van der Waals surface area contributed by atoms with Gasteiger partial charge in [0.15, 0.2) is 0 Å². The second kappa shape index (κ2) is 6.49. The monoisotopic (exact) mass is 298 g/mol. The van der Waals surface area contributed by atoms with E-state index >= 15 is 0 Å². The van der Waals surface area contributed by atoms with Gasteiger partial charge in [0, 0.05) is 19.1 Å². The molecule has 0 bridgehead atoms. The molecule has 1 atom stereocenters. The van der Waals surface area contributed by atoms with Crippen LogP contribution in [0.15, 0.2) is 12.1 Å². The number of hydrogen-bond acceptors (Lipinski definition) is 6. The van der Waals surface area contributed by atoms with Gasteiger partial charge in [-0.1, -0.05) is 0 Å². The molecule has 0 aromatic heterocycles. The first kappa shape index (κ1) is 15.2. The van der Waals surface area contributed by atoms with Gasteiger partial charge in [0.2, 0.25) is 0 Å². The lowest BCUT2D eigenvalue weighted by molar-refractivity contribution is -0.384. The maximum absolute atomic E-state index is 13.7. The van der Waals surface area contributed by atoms with Crippen molar-refractivity contribution in [1.82, 2.24) is 0 Å². The summed E-state index contributed by atoms with van der Waals surface area (Å²) in [4.78, 5) is 21.7. The van der Waals surface area contributed by atoms with Crippen LogP contribution in [0.5, 0.6) is 0 Å². The Morgan fingerprint density at radius 3 is 2.95 bits per heavy atom. The summed E-state index contributed by atoms with van der Waals surface area (Å²) in [5.74, 6) is -1.63. The molecule has 0 spiro atoms. The molecule has 0 saturated carbocycles. The van der Waals surface area contributed by atoms with E-state index in [1.165, 1.54) is 0 Å². The predicted octanol–water partition coefficient (Wildman–Crippen LogP) is 1.97. The summed E-state index contributed by atoms with van der Waals surface area (Å²) in [5, 5.41) is 13.9. The zero-order valence-electron chi connectivity index (χ0n) is 11.4. The SMILES string of the molecule is COC(=O)c1cc(NCC2CCOC2)c([N+](=O)[O-])cc1F. The van der Waals surface area contributed by atoms with Crippen molar-refractivity contribution >= 4 is 17.3 Å². The number of ether oxygens (including phenoxy) is 2. The van der Waals surface area contributed by atoms with Crippen molar-refractivity contribution in [3.05, 3.63) is 33.6 Å². The Morgan fingerprint density at radius 1 is 1.62 bits per heavy atom. The molecule has 0 aliphatic carbocycles. The number of halogens is 1. The Morgan fingerprint density at radius 2 is 2.38 bits per heavy atom. The molecule has 1 aliphatic heterocycles. The van der Waals surface area contributed by atoms with E-state index in [0.717, 1.165) is 25.7 Å². The second-order valence-electron chi connectivity index (χ2n) is 4.71. The summed E-state index contributed by atoms with van der Waals surface area (Å²) in [6.45, 7) is 1.68. The molecule has 1 unspecified atom stereocenters. The number of benzene rings is 1. The number of anilines is 1. The van der Waals surface area contributed by atoms with E-state index in [9.17, 15) is 19.3 Å². The summed E-state index contributed by atoms with van der Waals surface area (Å²) < 4.78 is 23.4. The smallest absolute Gasteiger partial charge is 0.340 e. The van der Waals surface area contributed by atoms with E-state index in [-0.39, 0.29) is 17.2 Å². The van der Waals surface area contributed by atoms with Gasteiger partial charge in [-0.05, 0) is 12.5 Å². The highest BCUT2D eigenvalue weighted by Crippen LogP contribution is 2.29. The average molecular weight is 298 g/mol. The highest BCUT2D eigenvalue weighted by Gasteiger charge is 2.23. The molecule has 2 rings (SSSR count). The molecule has 114 valence electrons. The highest BCUT2D eigenvalue weighted by molar-refractivity contribution is 5.91. The maximum Gasteiger partial charge on any atom is 0.340 e. The molecule has 1 saturated heterocycles. The minimum Gasteiger partial charge on any atom is -0.465 e. The third kappa shape index (κ3) is 3.46. The van der Waals surface area contributed by atoms with Crippen molar-refractivity contribution in [2.75, 3.05) is 32.2 Å². The van der Waals surface area contributed by atoms with Gasteiger partial charge in [-0.3, -0.25) is 10.1 Å². The highest BCUT2D eigenvalue weighted by atomic mass is 19.1. The van der Waals surface area contributed by atoms with Crippen molar-refractivity contribution in [2.24, 2.45) is 5.92 Å². The van der Waals surface area contributed by atoms with Crippen molar-refractivity contribution in [3.8, 4) is 0 Å². The number of hydrogen-bond donors (Lipinski definition) is 1. The number of nitrogens with one attached hydrogen (secondary N) is 1. The molecule has 1 aromatic carbocycles. The number of nitro groups is 1. The average Bonchev–Trinajstić information content (AvgIpc) is 2.98. The Labute approximate surface area is 120 Å². The first-order chi connectivity index (χ1) is 10.0. The van der Waals surface area contributed by atoms with Crippen LogP contribution in [0.4, 0.5) is 15.8 Å². The van der Waals surface area contributed by atoms with Crippen LogP contribution in [-0.2, 0) is 9.47 Å². The lowest BCUT2D eigenvalue weighted by Crippen LogP contribution is -2.16. The zero-order valence-corrected chi connectivity index (χ0v) is 11.4. The Balaban J connectivity index is 2.26. The molecular weight excluding hydrogens is 283 g/mol. The molecular formula is C13H15FN2O5. The van der Waals surface area contributed by atoms with Gasteiger partial charge in [0.25, 0.3) is 5.69 Å². The topological polar surface area (TPSA) is 90.7 Å². The largest absolute Gasteiger partial charge is 0.465 e. The minimum atomic E-state index is -0.983. The number of nitro benzene ring substituents is 1. The summed E-state index contributed by atoms with van der Waals surface area (Å²) in [7, 11) is 1.12. The van der Waals surface area contributed by atoms with Gasteiger partial charge in [-0.15, -0.1) is 0 Å². The van der Waals surface area contributed by atoms with Crippen molar-refractivity contribution in [2.45, 2.75) is 6.42 Å². The molecule has 1 heterocycles. The van der Waals surface area contributed by atoms with Crippen LogP contribution in [0.3, 0.4) is 0 Å². The van der Waals surface area contributed by atoms with Crippen molar-refractivity contribution in [1.29, 1.82) is 0 Å². The fraction of sp³-hybridized carbons (Fsp3) is 0.462. The lowest BCUT2D eigenvalue weighted by atomic mass is 10.1. The normalized spacial score (nSPS) is 17.5. The summed E-state index contributed by atoms with van der Waals surface area (Å²) >= 11 is 0. The molecule has 1 aliphatic rings. The molecule has 0 amide bonds. The third-order valence-corrected chi connectivity index (χ3v) is 3.29. The van der Waals surface area contributed by atoms with Gasteiger partial charge < -0.3 is 14.8 Å². The number of rotatable bonds is 5. The van der Waals surface area contributed by atoms with Crippen LogP contribution in [0, 0.1) is 21.8 Å². The Kier molecular flexibility index (Phi) is 4.69. The van der Waals surface area contributed by atoms with Crippen LogP contribution in [-0.4, -0.2) is 37.8 Å². The van der Waals surface area contributed by atoms with Crippen LogP contribution < -0.4 is 5.32 Å². The van der Waals surface area contributed by atoms with E-state index in [1.54, 1.807) is 0 Å². The van der Waals surface area contributed by atoms with Crippen LogP contribution in [0.25, 0.3) is 0 Å². The summed E-state index contributed by atoms with van der Waals surface area (Å²) in [6, 6.07) is 1.83. The number of methoxy groups -OCH3 is 1. The summed E-state index contributed by atoms with van der Waals surface area (Å²) in [6.07, 6.45) is 0.853. The first-order valence-corrected chi connectivity index (χ1v) is 6.40. The lowest BCUT2D eigenvalue weighted by Gasteiger charge is -2.12. The molecule has 8 heteroatoms. The molecule has 21 heavy (non-hydrogen) atoms. The van der Waals surface area contributed by atoms with Gasteiger partial charge in [0.1, 0.15) is 11.5 Å². The quantitative estimate of drug-likeness (QED) is 0.507. The van der Waals surface area contributed by atoms with E-state index in [1.807, 2.05) is 0 Å². The molecule has 1 fully saturated rings. The van der Waals surface area contributed by atoms with E-state index < -0.39 is 22.4 Å². The second-order valence-corrected chi connectivity index (χ2v) is 4.71. The van der Waals surface area contributed by atoms with Gasteiger partial charge in [-0.2, -0.15) is 0 Å². The number of nitrogens with zero attached hydrogens (tertiary/aromatic N) is 1. The number of carbonyl (C=O) groups excluding carboxylic acids is 1. The third-order valence-electron chi connectivity index (χ3n) is 3.29. The van der Waals surface area contributed by atoms with E-state index in [0.29, 0.717) is 19.8 Å². The van der Waals surface area contributed by atoms with Crippen LogP contribution >= 0.6 is 0 Å². The van der Waals surface area contributed by atoms with E-state index in [4.69, 9.17) is 4.74 Å². The Hall–Kier alpha value is -2.22. The van der Waals surface area contributed by atoms with Crippen molar-refractivity contribution in [3.63, 3.8) is 0 Å². The van der Waals surface area contributed by atoms with E-state index in [2.05, 4.69) is 10.1 Å². The summed E-state index contributed by atoms with van der Waals surface area (Å²) in [5.41, 5.74) is -0.666. The van der Waals surface area contributed by atoms with Gasteiger partial charge >= 0.3 is 5.97 Å². The molecule has 7 nitrogen and oxygen atoms in total. The molecule has 1 N–H and O–H groups in total. The number of esters is 1. The zero-order chi connectivity index (χ0) is 15.4. The van der Waals surface area contributed by atoms with Gasteiger partial charge in [0.05, 0.1) is 30.3 Å². The minimum absolute atomic E-state index is 0.0914.